The number of pyridine rings is 2. The Hall–Kier alpha value is -3.29. The molecule has 35 heavy (non-hydrogen) atoms. The molecule has 180 valence electrons. The largest absolute Gasteiger partial charge is 0.463 e. The highest BCUT2D eigenvalue weighted by Gasteiger charge is 2.42. The molecule has 4 aromatic rings. The molecule has 0 amide bonds. The van der Waals surface area contributed by atoms with E-state index in [0.29, 0.717) is 17.9 Å². The third-order valence-electron chi connectivity index (χ3n) is 7.64. The monoisotopic (exact) mass is 468 g/mol. The van der Waals surface area contributed by atoms with E-state index in [-0.39, 0.29) is 0 Å². The second-order valence-electron chi connectivity index (χ2n) is 9.91. The van der Waals surface area contributed by atoms with Crippen LogP contribution in [0.1, 0.15) is 35.8 Å². The van der Waals surface area contributed by atoms with Crippen LogP contribution in [0.4, 0.5) is 0 Å². The van der Waals surface area contributed by atoms with Crippen LogP contribution in [-0.4, -0.2) is 55.2 Å². The van der Waals surface area contributed by atoms with Gasteiger partial charge in [-0.1, -0.05) is 12.1 Å². The molecule has 3 aliphatic rings. The first-order valence-corrected chi connectivity index (χ1v) is 12.6. The number of furan rings is 1. The van der Waals surface area contributed by atoms with Crippen LogP contribution in [0.5, 0.6) is 0 Å². The number of hydrogen-bond donors (Lipinski definition) is 0. The van der Waals surface area contributed by atoms with Crippen molar-refractivity contribution in [2.24, 2.45) is 13.0 Å². The fourth-order valence-electron chi connectivity index (χ4n) is 5.96. The summed E-state index contributed by atoms with van der Waals surface area (Å²) in [6.07, 6.45) is 7.95. The van der Waals surface area contributed by atoms with Gasteiger partial charge in [0.05, 0.1) is 17.7 Å². The summed E-state index contributed by atoms with van der Waals surface area (Å²) in [5, 5.41) is 4.76. The van der Waals surface area contributed by atoms with Crippen molar-refractivity contribution in [1.82, 2.24) is 29.5 Å². The molecule has 0 radical (unpaired) electrons. The van der Waals surface area contributed by atoms with Crippen molar-refractivity contribution in [2.45, 2.75) is 37.9 Å². The fourth-order valence-corrected chi connectivity index (χ4v) is 5.96. The summed E-state index contributed by atoms with van der Waals surface area (Å²) in [7, 11) is 2.07. The van der Waals surface area contributed by atoms with Gasteiger partial charge in [0.1, 0.15) is 5.69 Å². The average molecular weight is 469 g/mol. The van der Waals surface area contributed by atoms with Crippen molar-refractivity contribution in [3.05, 3.63) is 90.3 Å². The highest BCUT2D eigenvalue weighted by atomic mass is 16.3. The lowest BCUT2D eigenvalue weighted by atomic mass is 9.74. The standard InChI is InChI=1S/C28H32N6O/c1-32-27(16-26(31-32)28-9-6-14-35-28)25-20-34-13-10-21(25)15-24(34)19-33(17-22-7-2-4-11-29-22)18-23-8-3-5-12-30-23/h2-9,11-12,14,16,21,24-25H,10,13,15,17-20H2,1H3. The second-order valence-corrected chi connectivity index (χ2v) is 9.91. The lowest BCUT2D eigenvalue weighted by Gasteiger charge is -2.51. The van der Waals surface area contributed by atoms with E-state index in [1.54, 1.807) is 6.26 Å². The van der Waals surface area contributed by atoms with Gasteiger partial charge in [0.2, 0.25) is 0 Å². The van der Waals surface area contributed by atoms with Crippen molar-refractivity contribution < 1.29 is 4.42 Å². The summed E-state index contributed by atoms with van der Waals surface area (Å²) in [6.45, 7) is 4.97. The lowest BCUT2D eigenvalue weighted by Crippen LogP contribution is -2.56. The Kier molecular flexibility index (Phi) is 6.19. The van der Waals surface area contributed by atoms with E-state index in [1.165, 1.54) is 25.1 Å². The lowest BCUT2D eigenvalue weighted by molar-refractivity contribution is 0.00727. The molecule has 4 aromatic heterocycles. The zero-order valence-electron chi connectivity index (χ0n) is 20.2. The summed E-state index contributed by atoms with van der Waals surface area (Å²) in [6, 6.07) is 19.0. The van der Waals surface area contributed by atoms with Gasteiger partial charge >= 0.3 is 0 Å². The maximum Gasteiger partial charge on any atom is 0.154 e. The molecule has 3 saturated heterocycles. The van der Waals surface area contributed by atoms with Crippen LogP contribution in [0, 0.1) is 5.92 Å². The van der Waals surface area contributed by atoms with E-state index < -0.39 is 0 Å². The van der Waals surface area contributed by atoms with Gasteiger partial charge in [-0.3, -0.25) is 24.4 Å². The molecule has 3 fully saturated rings. The topological polar surface area (TPSA) is 63.2 Å². The quantitative estimate of drug-likeness (QED) is 0.383. The molecule has 7 nitrogen and oxygen atoms in total. The van der Waals surface area contributed by atoms with Crippen LogP contribution >= 0.6 is 0 Å². The van der Waals surface area contributed by atoms with Crippen LogP contribution in [-0.2, 0) is 20.1 Å². The van der Waals surface area contributed by atoms with E-state index in [9.17, 15) is 0 Å². The first kappa shape index (κ1) is 22.2. The highest BCUT2D eigenvalue weighted by Crippen LogP contribution is 2.42. The number of aryl methyl sites for hydroxylation is 1. The molecule has 7 rings (SSSR count). The molecule has 4 unspecified atom stereocenters. The van der Waals surface area contributed by atoms with Gasteiger partial charge in [0, 0.05) is 63.3 Å². The Morgan fingerprint density at radius 3 is 2.37 bits per heavy atom. The average Bonchev–Trinajstić information content (AvgIpc) is 3.56. The zero-order chi connectivity index (χ0) is 23.6. The first-order chi connectivity index (χ1) is 17.2. The van der Waals surface area contributed by atoms with Crippen molar-refractivity contribution in [1.29, 1.82) is 0 Å². The number of fused-ring (bicyclic) bond motifs is 3. The maximum atomic E-state index is 5.59. The summed E-state index contributed by atoms with van der Waals surface area (Å²) < 4.78 is 7.66. The van der Waals surface area contributed by atoms with Crippen molar-refractivity contribution in [3.8, 4) is 11.5 Å². The van der Waals surface area contributed by atoms with Crippen molar-refractivity contribution in [2.75, 3.05) is 19.6 Å². The highest BCUT2D eigenvalue weighted by molar-refractivity contribution is 5.52. The minimum absolute atomic E-state index is 0.515. The SMILES string of the molecule is Cn1nc(-c2ccco2)cc1C1CN2CCC1CC2CN(Cc1ccccn1)Cc1ccccn1. The molecule has 0 aromatic carbocycles. The van der Waals surface area contributed by atoms with Crippen molar-refractivity contribution in [3.63, 3.8) is 0 Å². The molecule has 3 aliphatic heterocycles. The fraction of sp³-hybridized carbons (Fsp3) is 0.393. The van der Waals surface area contributed by atoms with E-state index in [4.69, 9.17) is 9.52 Å². The molecule has 7 heteroatoms. The molecule has 0 N–H and O–H groups in total. The van der Waals surface area contributed by atoms with E-state index in [0.717, 1.165) is 49.0 Å². The van der Waals surface area contributed by atoms with Crippen LogP contribution in [0.3, 0.4) is 0 Å². The summed E-state index contributed by atoms with van der Waals surface area (Å²) in [5.74, 6) is 2.03. The molecule has 2 bridgehead atoms. The molecular weight excluding hydrogens is 436 g/mol. The number of aromatic nitrogens is 4. The smallest absolute Gasteiger partial charge is 0.154 e. The third kappa shape index (κ3) is 4.79. The summed E-state index contributed by atoms with van der Waals surface area (Å²) in [5.41, 5.74) is 4.47. The molecule has 0 saturated carbocycles. The first-order valence-electron chi connectivity index (χ1n) is 12.6. The Morgan fingerprint density at radius 2 is 1.77 bits per heavy atom. The van der Waals surface area contributed by atoms with Gasteiger partial charge in [-0.15, -0.1) is 0 Å². The van der Waals surface area contributed by atoms with Crippen LogP contribution in [0.2, 0.25) is 0 Å². The Morgan fingerprint density at radius 1 is 1.00 bits per heavy atom. The predicted molar refractivity (Wildman–Crippen MR) is 134 cm³/mol. The molecule has 7 heterocycles. The number of piperidine rings is 3. The molecular formula is C28H32N6O. The minimum Gasteiger partial charge on any atom is -0.463 e. The van der Waals surface area contributed by atoms with Gasteiger partial charge in [0.25, 0.3) is 0 Å². The van der Waals surface area contributed by atoms with Gasteiger partial charge in [-0.2, -0.15) is 5.10 Å². The van der Waals surface area contributed by atoms with Crippen LogP contribution < -0.4 is 0 Å². The van der Waals surface area contributed by atoms with E-state index in [2.05, 4.69) is 61.8 Å². The second kappa shape index (κ2) is 9.76. The molecule has 0 spiro atoms. The minimum atomic E-state index is 0.515. The Labute approximate surface area is 206 Å². The summed E-state index contributed by atoms with van der Waals surface area (Å²) >= 11 is 0. The van der Waals surface area contributed by atoms with Gasteiger partial charge < -0.3 is 4.42 Å². The Balaban J connectivity index is 1.18. The Bertz CT molecular complexity index is 1180. The number of nitrogens with zero attached hydrogens (tertiary/aromatic N) is 6. The van der Waals surface area contributed by atoms with Crippen LogP contribution in [0.25, 0.3) is 11.5 Å². The maximum absolute atomic E-state index is 5.59. The number of rotatable bonds is 8. The van der Waals surface area contributed by atoms with E-state index >= 15 is 0 Å². The molecule has 4 atom stereocenters. The predicted octanol–water partition coefficient (Wildman–Crippen LogP) is 4.35. The third-order valence-corrected chi connectivity index (χ3v) is 7.64. The molecule has 0 aliphatic carbocycles. The zero-order valence-corrected chi connectivity index (χ0v) is 20.2. The summed E-state index contributed by atoms with van der Waals surface area (Å²) in [4.78, 5) is 14.4. The van der Waals surface area contributed by atoms with Gasteiger partial charge in [0.15, 0.2) is 5.76 Å². The van der Waals surface area contributed by atoms with Crippen LogP contribution in [0.15, 0.2) is 77.7 Å². The van der Waals surface area contributed by atoms with Gasteiger partial charge in [-0.25, -0.2) is 0 Å². The van der Waals surface area contributed by atoms with E-state index in [1.807, 2.05) is 36.7 Å². The normalized spacial score (nSPS) is 23.7. The van der Waals surface area contributed by atoms with Crippen molar-refractivity contribution >= 4 is 0 Å². The van der Waals surface area contributed by atoms with Gasteiger partial charge in [-0.05, 0) is 67.8 Å². The number of hydrogen-bond acceptors (Lipinski definition) is 6.